The van der Waals surface area contributed by atoms with Gasteiger partial charge in [0, 0.05) is 17.1 Å². The van der Waals surface area contributed by atoms with Gasteiger partial charge < -0.3 is 5.32 Å². The lowest BCUT2D eigenvalue weighted by Crippen LogP contribution is -2.10. The standard InChI is InChI=1S/C14H14N2O3S/c1-2-3-10-4-6-12(7-5-10)15-14(17)11-8-13(16(18)19)20-9-11/h4-9H,2-3H2,1H3,(H,15,17). The molecule has 0 spiro atoms. The minimum Gasteiger partial charge on any atom is -0.322 e. The molecular formula is C14H14N2O3S. The summed E-state index contributed by atoms with van der Waals surface area (Å²) in [5.41, 5.74) is 2.21. The Morgan fingerprint density at radius 2 is 2.05 bits per heavy atom. The van der Waals surface area contributed by atoms with Crippen LogP contribution in [-0.4, -0.2) is 10.8 Å². The summed E-state index contributed by atoms with van der Waals surface area (Å²) in [5, 5.41) is 14.8. The number of rotatable bonds is 5. The van der Waals surface area contributed by atoms with Gasteiger partial charge in [-0.2, -0.15) is 0 Å². The molecule has 1 aromatic carbocycles. The summed E-state index contributed by atoms with van der Waals surface area (Å²) in [6, 6.07) is 8.89. The molecule has 2 aromatic rings. The average Bonchev–Trinajstić information content (AvgIpc) is 2.91. The Morgan fingerprint density at radius 3 is 2.60 bits per heavy atom. The molecule has 104 valence electrons. The van der Waals surface area contributed by atoms with Crippen LogP contribution in [0.1, 0.15) is 29.3 Å². The van der Waals surface area contributed by atoms with E-state index in [0.29, 0.717) is 11.3 Å². The first-order valence-corrected chi connectivity index (χ1v) is 7.11. The molecule has 1 amide bonds. The highest BCUT2D eigenvalue weighted by Crippen LogP contribution is 2.23. The Hall–Kier alpha value is -2.21. The van der Waals surface area contributed by atoms with Crippen molar-refractivity contribution >= 4 is 27.9 Å². The second kappa shape index (κ2) is 6.29. The fourth-order valence-electron chi connectivity index (χ4n) is 1.79. The molecule has 0 aliphatic heterocycles. The van der Waals surface area contributed by atoms with Gasteiger partial charge in [-0.05, 0) is 24.1 Å². The van der Waals surface area contributed by atoms with Crippen LogP contribution in [0.5, 0.6) is 0 Å². The zero-order valence-corrected chi connectivity index (χ0v) is 11.8. The van der Waals surface area contributed by atoms with E-state index in [1.54, 1.807) is 0 Å². The van der Waals surface area contributed by atoms with Crippen molar-refractivity contribution in [1.82, 2.24) is 0 Å². The molecule has 0 fully saturated rings. The van der Waals surface area contributed by atoms with Crippen LogP contribution in [0.3, 0.4) is 0 Å². The lowest BCUT2D eigenvalue weighted by Gasteiger charge is -2.05. The number of nitrogens with zero attached hydrogens (tertiary/aromatic N) is 1. The highest BCUT2D eigenvalue weighted by Gasteiger charge is 2.14. The minimum absolute atomic E-state index is 0.0338. The number of amides is 1. The number of carbonyl (C=O) groups is 1. The molecule has 0 saturated heterocycles. The van der Waals surface area contributed by atoms with Crippen molar-refractivity contribution in [3.8, 4) is 0 Å². The largest absolute Gasteiger partial charge is 0.324 e. The summed E-state index contributed by atoms with van der Waals surface area (Å²) >= 11 is 0.946. The van der Waals surface area contributed by atoms with Crippen molar-refractivity contribution in [3.63, 3.8) is 0 Å². The number of nitro groups is 1. The molecule has 0 aliphatic rings. The van der Waals surface area contributed by atoms with E-state index in [9.17, 15) is 14.9 Å². The summed E-state index contributed by atoms with van der Waals surface area (Å²) in [4.78, 5) is 22.0. The van der Waals surface area contributed by atoms with Gasteiger partial charge in [0.15, 0.2) is 0 Å². The Kier molecular flexibility index (Phi) is 4.47. The Labute approximate surface area is 120 Å². The monoisotopic (exact) mass is 290 g/mol. The van der Waals surface area contributed by atoms with Crippen LogP contribution >= 0.6 is 11.3 Å². The first-order chi connectivity index (χ1) is 9.60. The summed E-state index contributed by atoms with van der Waals surface area (Å²) in [6.45, 7) is 2.11. The maximum absolute atomic E-state index is 11.9. The number of benzene rings is 1. The van der Waals surface area contributed by atoms with E-state index >= 15 is 0 Å². The van der Waals surface area contributed by atoms with Crippen molar-refractivity contribution in [3.05, 3.63) is 57.0 Å². The molecule has 1 N–H and O–H groups in total. The Morgan fingerprint density at radius 1 is 1.35 bits per heavy atom. The van der Waals surface area contributed by atoms with Gasteiger partial charge in [0.1, 0.15) is 0 Å². The number of anilines is 1. The third-order valence-corrected chi connectivity index (χ3v) is 3.66. The summed E-state index contributed by atoms with van der Waals surface area (Å²) in [5.74, 6) is -0.336. The fourth-order valence-corrected chi connectivity index (χ4v) is 2.49. The van der Waals surface area contributed by atoms with Gasteiger partial charge in [-0.3, -0.25) is 14.9 Å². The van der Waals surface area contributed by atoms with E-state index in [1.807, 2.05) is 24.3 Å². The van der Waals surface area contributed by atoms with E-state index in [0.717, 1.165) is 24.2 Å². The molecule has 1 aromatic heterocycles. The molecule has 6 heteroatoms. The van der Waals surface area contributed by atoms with Gasteiger partial charge in [-0.1, -0.05) is 36.8 Å². The molecule has 0 atom stereocenters. The molecule has 0 bridgehead atoms. The van der Waals surface area contributed by atoms with Gasteiger partial charge in [0.05, 0.1) is 10.5 Å². The molecule has 5 nitrogen and oxygen atoms in total. The molecule has 0 saturated carbocycles. The smallest absolute Gasteiger partial charge is 0.322 e. The predicted molar refractivity (Wildman–Crippen MR) is 79.4 cm³/mol. The third kappa shape index (κ3) is 3.42. The summed E-state index contributed by atoms with van der Waals surface area (Å²) in [7, 11) is 0. The second-order valence-electron chi connectivity index (χ2n) is 4.33. The summed E-state index contributed by atoms with van der Waals surface area (Å²) in [6.07, 6.45) is 2.08. The lowest BCUT2D eigenvalue weighted by atomic mass is 10.1. The van der Waals surface area contributed by atoms with Crippen LogP contribution in [0.2, 0.25) is 0 Å². The lowest BCUT2D eigenvalue weighted by molar-refractivity contribution is -0.380. The Balaban J connectivity index is 2.04. The molecule has 0 radical (unpaired) electrons. The molecular weight excluding hydrogens is 276 g/mol. The molecule has 2 rings (SSSR count). The number of aryl methyl sites for hydroxylation is 1. The summed E-state index contributed by atoms with van der Waals surface area (Å²) < 4.78 is 0. The normalized spacial score (nSPS) is 10.2. The van der Waals surface area contributed by atoms with Crippen molar-refractivity contribution in [2.75, 3.05) is 5.32 Å². The van der Waals surface area contributed by atoms with Crippen molar-refractivity contribution in [2.24, 2.45) is 0 Å². The highest BCUT2D eigenvalue weighted by atomic mass is 32.1. The molecule has 1 heterocycles. The number of hydrogen-bond acceptors (Lipinski definition) is 4. The average molecular weight is 290 g/mol. The van der Waals surface area contributed by atoms with Crippen LogP contribution in [0, 0.1) is 10.1 Å². The van der Waals surface area contributed by atoms with Gasteiger partial charge in [-0.15, -0.1) is 0 Å². The zero-order valence-electron chi connectivity index (χ0n) is 11.0. The molecule has 0 unspecified atom stereocenters. The number of hydrogen-bond donors (Lipinski definition) is 1. The SMILES string of the molecule is CCCc1ccc(NC(=O)c2csc([N+](=O)[O-])c2)cc1. The van der Waals surface area contributed by atoms with Gasteiger partial charge >= 0.3 is 5.00 Å². The number of nitrogens with one attached hydrogen (secondary N) is 1. The van der Waals surface area contributed by atoms with Gasteiger partial charge in [0.25, 0.3) is 5.91 Å². The quantitative estimate of drug-likeness (QED) is 0.671. The van der Waals surface area contributed by atoms with E-state index in [2.05, 4.69) is 12.2 Å². The number of carbonyl (C=O) groups excluding carboxylic acids is 1. The zero-order chi connectivity index (χ0) is 14.5. The van der Waals surface area contributed by atoms with Crippen LogP contribution < -0.4 is 5.32 Å². The van der Waals surface area contributed by atoms with Crippen molar-refractivity contribution < 1.29 is 9.72 Å². The minimum atomic E-state index is -0.499. The van der Waals surface area contributed by atoms with Gasteiger partial charge in [-0.25, -0.2) is 0 Å². The first kappa shape index (κ1) is 14.2. The fraction of sp³-hybridized carbons (Fsp3) is 0.214. The van der Waals surface area contributed by atoms with Crippen LogP contribution in [-0.2, 0) is 6.42 Å². The predicted octanol–water partition coefficient (Wildman–Crippen LogP) is 3.86. The van der Waals surface area contributed by atoms with E-state index < -0.39 is 4.92 Å². The third-order valence-electron chi connectivity index (χ3n) is 2.78. The van der Waals surface area contributed by atoms with E-state index in [-0.39, 0.29) is 10.9 Å². The van der Waals surface area contributed by atoms with Crippen molar-refractivity contribution in [1.29, 1.82) is 0 Å². The van der Waals surface area contributed by atoms with E-state index in [4.69, 9.17) is 0 Å². The number of thiophene rings is 1. The first-order valence-electron chi connectivity index (χ1n) is 6.23. The van der Waals surface area contributed by atoms with Gasteiger partial charge in [0.2, 0.25) is 0 Å². The Bertz CT molecular complexity index is 620. The topological polar surface area (TPSA) is 72.2 Å². The van der Waals surface area contributed by atoms with Crippen molar-refractivity contribution in [2.45, 2.75) is 19.8 Å². The molecule has 20 heavy (non-hydrogen) atoms. The second-order valence-corrected chi connectivity index (χ2v) is 5.22. The maximum atomic E-state index is 11.9. The highest BCUT2D eigenvalue weighted by molar-refractivity contribution is 7.13. The van der Waals surface area contributed by atoms with E-state index in [1.165, 1.54) is 17.0 Å². The van der Waals surface area contributed by atoms with Crippen LogP contribution in [0.15, 0.2) is 35.7 Å². The maximum Gasteiger partial charge on any atom is 0.324 e. The van der Waals surface area contributed by atoms with Crippen LogP contribution in [0.25, 0.3) is 0 Å². The van der Waals surface area contributed by atoms with Crippen LogP contribution in [0.4, 0.5) is 10.7 Å². The molecule has 0 aliphatic carbocycles.